The highest BCUT2D eigenvalue weighted by Gasteiger charge is 2.14. The Balaban J connectivity index is 1.76. The van der Waals surface area contributed by atoms with Gasteiger partial charge in [0.1, 0.15) is 17.1 Å². The highest BCUT2D eigenvalue weighted by Crippen LogP contribution is 2.41. The number of aromatic nitrogens is 3. The maximum Gasteiger partial charge on any atom is 0.133 e. The second-order valence-corrected chi connectivity index (χ2v) is 7.14. The molecule has 5 aromatic rings. The molecule has 27 heavy (non-hydrogen) atoms. The van der Waals surface area contributed by atoms with E-state index in [0.717, 1.165) is 48.4 Å². The molecule has 0 aliphatic rings. The summed E-state index contributed by atoms with van der Waals surface area (Å²) >= 11 is 1.59. The molecule has 0 aliphatic carbocycles. The Hall–Kier alpha value is -3.18. The van der Waals surface area contributed by atoms with Crippen LogP contribution in [0.5, 0.6) is 5.75 Å². The Labute approximate surface area is 160 Å². The molecule has 0 spiro atoms. The molecule has 2 heterocycles. The minimum Gasteiger partial charge on any atom is -0.496 e. The van der Waals surface area contributed by atoms with E-state index >= 15 is 0 Å². The van der Waals surface area contributed by atoms with E-state index < -0.39 is 0 Å². The van der Waals surface area contributed by atoms with Gasteiger partial charge >= 0.3 is 0 Å². The molecule has 0 saturated heterocycles. The quantitative estimate of drug-likeness (QED) is 0.311. The van der Waals surface area contributed by atoms with Crippen molar-refractivity contribution in [3.8, 4) is 5.75 Å². The smallest absolute Gasteiger partial charge is 0.133 e. The molecule has 0 radical (unpaired) electrons. The van der Waals surface area contributed by atoms with Gasteiger partial charge in [0.15, 0.2) is 0 Å². The van der Waals surface area contributed by atoms with Crippen molar-refractivity contribution in [3.63, 3.8) is 0 Å². The maximum atomic E-state index is 5.66. The van der Waals surface area contributed by atoms with E-state index in [4.69, 9.17) is 9.72 Å². The summed E-state index contributed by atoms with van der Waals surface area (Å²) in [6, 6.07) is 22.3. The molecule has 2 aromatic heterocycles. The summed E-state index contributed by atoms with van der Waals surface area (Å²) < 4.78 is 5.66. The number of rotatable bonds is 3. The van der Waals surface area contributed by atoms with Gasteiger partial charge in [0.05, 0.1) is 28.6 Å². The molecule has 0 unspecified atom stereocenters. The van der Waals surface area contributed by atoms with Crippen molar-refractivity contribution in [2.75, 3.05) is 7.11 Å². The molecule has 0 N–H and O–H groups in total. The van der Waals surface area contributed by atoms with Crippen LogP contribution in [0.1, 0.15) is 0 Å². The average Bonchev–Trinajstić information content (AvgIpc) is 2.73. The SMILES string of the molecule is COc1ccc2nc3ccccc3cc2c1Sc1ncnc2ccccc12. The molecule has 0 atom stereocenters. The lowest BCUT2D eigenvalue weighted by atomic mass is 10.1. The van der Waals surface area contributed by atoms with E-state index in [0.29, 0.717) is 0 Å². The van der Waals surface area contributed by atoms with Crippen LogP contribution < -0.4 is 4.74 Å². The third-order valence-electron chi connectivity index (χ3n) is 4.54. The normalized spacial score (nSPS) is 11.3. The molecular weight excluding hydrogens is 354 g/mol. The Bertz CT molecular complexity index is 1300. The summed E-state index contributed by atoms with van der Waals surface area (Å²) in [5.41, 5.74) is 2.85. The van der Waals surface area contributed by atoms with Gasteiger partial charge in [0, 0.05) is 16.2 Å². The predicted octanol–water partition coefficient (Wildman–Crippen LogP) is 5.49. The van der Waals surface area contributed by atoms with Crippen LogP contribution in [0, 0.1) is 0 Å². The molecule has 130 valence electrons. The minimum absolute atomic E-state index is 0.812. The van der Waals surface area contributed by atoms with Crippen LogP contribution in [0.2, 0.25) is 0 Å². The first-order chi connectivity index (χ1) is 13.3. The Morgan fingerprint density at radius 2 is 1.59 bits per heavy atom. The number of benzene rings is 3. The number of hydrogen-bond acceptors (Lipinski definition) is 5. The molecule has 5 heteroatoms. The molecule has 3 aromatic carbocycles. The second-order valence-electron chi connectivity index (χ2n) is 6.14. The van der Waals surface area contributed by atoms with Crippen molar-refractivity contribution in [3.05, 3.63) is 73.1 Å². The zero-order valence-corrected chi connectivity index (χ0v) is 15.4. The zero-order valence-electron chi connectivity index (χ0n) is 14.6. The molecule has 0 bridgehead atoms. The molecule has 5 rings (SSSR count). The van der Waals surface area contributed by atoms with Gasteiger partial charge in [-0.05, 0) is 30.3 Å². The minimum atomic E-state index is 0.812. The highest BCUT2D eigenvalue weighted by molar-refractivity contribution is 7.99. The van der Waals surface area contributed by atoms with Gasteiger partial charge in [0.25, 0.3) is 0 Å². The zero-order chi connectivity index (χ0) is 18.2. The van der Waals surface area contributed by atoms with Crippen molar-refractivity contribution in [1.29, 1.82) is 0 Å². The van der Waals surface area contributed by atoms with Gasteiger partial charge in [-0.2, -0.15) is 0 Å². The van der Waals surface area contributed by atoms with Crippen molar-refractivity contribution < 1.29 is 4.74 Å². The molecule has 0 aliphatic heterocycles. The third-order valence-corrected chi connectivity index (χ3v) is 5.68. The molecule has 4 nitrogen and oxygen atoms in total. The lowest BCUT2D eigenvalue weighted by molar-refractivity contribution is 0.406. The van der Waals surface area contributed by atoms with Gasteiger partial charge in [-0.3, -0.25) is 0 Å². The van der Waals surface area contributed by atoms with E-state index in [1.165, 1.54) is 0 Å². The van der Waals surface area contributed by atoms with Crippen LogP contribution >= 0.6 is 11.8 Å². The standard InChI is InChI=1S/C22H15N3OS/c1-26-20-11-10-19-16(12-14-6-2-4-8-17(14)25-19)21(20)27-22-15-7-3-5-9-18(15)23-13-24-22/h2-13H,1H3. The monoisotopic (exact) mass is 369 g/mol. The van der Waals surface area contributed by atoms with E-state index in [2.05, 4.69) is 22.1 Å². The Morgan fingerprint density at radius 3 is 2.48 bits per heavy atom. The summed E-state index contributed by atoms with van der Waals surface area (Å²) in [6.07, 6.45) is 1.61. The number of nitrogens with zero attached hydrogens (tertiary/aromatic N) is 3. The first kappa shape index (κ1) is 16.0. The van der Waals surface area contributed by atoms with Crippen LogP contribution in [0.3, 0.4) is 0 Å². The fraction of sp³-hybridized carbons (Fsp3) is 0.0455. The summed E-state index contributed by atoms with van der Waals surface area (Å²) in [6.45, 7) is 0. The van der Waals surface area contributed by atoms with E-state index in [9.17, 15) is 0 Å². The fourth-order valence-electron chi connectivity index (χ4n) is 3.23. The number of fused-ring (bicyclic) bond motifs is 3. The Morgan fingerprint density at radius 1 is 0.778 bits per heavy atom. The number of pyridine rings is 1. The fourth-order valence-corrected chi connectivity index (χ4v) is 4.33. The summed E-state index contributed by atoms with van der Waals surface area (Å²) in [7, 11) is 1.69. The first-order valence-electron chi connectivity index (χ1n) is 8.57. The summed E-state index contributed by atoms with van der Waals surface area (Å²) in [5.74, 6) is 0.812. The van der Waals surface area contributed by atoms with Crippen molar-refractivity contribution in [2.24, 2.45) is 0 Å². The van der Waals surface area contributed by atoms with Crippen LogP contribution in [0.25, 0.3) is 32.7 Å². The van der Waals surface area contributed by atoms with E-state index in [-0.39, 0.29) is 0 Å². The van der Waals surface area contributed by atoms with Crippen LogP contribution in [-0.4, -0.2) is 22.1 Å². The van der Waals surface area contributed by atoms with E-state index in [1.807, 2.05) is 54.6 Å². The van der Waals surface area contributed by atoms with Crippen molar-refractivity contribution in [2.45, 2.75) is 9.92 Å². The topological polar surface area (TPSA) is 47.9 Å². The molecular formula is C22H15N3OS. The first-order valence-corrected chi connectivity index (χ1v) is 9.39. The molecule has 0 saturated carbocycles. The number of ether oxygens (including phenoxy) is 1. The highest BCUT2D eigenvalue weighted by atomic mass is 32.2. The molecule has 0 amide bonds. The number of hydrogen-bond donors (Lipinski definition) is 0. The van der Waals surface area contributed by atoms with Gasteiger partial charge in [-0.1, -0.05) is 48.2 Å². The van der Waals surface area contributed by atoms with Gasteiger partial charge in [0.2, 0.25) is 0 Å². The van der Waals surface area contributed by atoms with Crippen LogP contribution in [0.4, 0.5) is 0 Å². The lowest BCUT2D eigenvalue weighted by Gasteiger charge is -2.12. The van der Waals surface area contributed by atoms with Gasteiger partial charge in [-0.15, -0.1) is 0 Å². The summed E-state index contributed by atoms with van der Waals surface area (Å²) in [5, 5.41) is 4.09. The van der Waals surface area contributed by atoms with Crippen molar-refractivity contribution >= 4 is 44.5 Å². The number of methoxy groups -OCH3 is 1. The van der Waals surface area contributed by atoms with Crippen LogP contribution in [0.15, 0.2) is 83.0 Å². The lowest BCUT2D eigenvalue weighted by Crippen LogP contribution is -1.92. The average molecular weight is 369 g/mol. The summed E-state index contributed by atoms with van der Waals surface area (Å²) in [4.78, 5) is 14.7. The molecule has 0 fully saturated rings. The Kier molecular flexibility index (Phi) is 3.87. The predicted molar refractivity (Wildman–Crippen MR) is 109 cm³/mol. The van der Waals surface area contributed by atoms with Gasteiger partial charge < -0.3 is 4.74 Å². The second kappa shape index (κ2) is 6.52. The maximum absolute atomic E-state index is 5.66. The number of para-hydroxylation sites is 2. The van der Waals surface area contributed by atoms with Gasteiger partial charge in [-0.25, -0.2) is 15.0 Å². The van der Waals surface area contributed by atoms with Crippen molar-refractivity contribution in [1.82, 2.24) is 15.0 Å². The van der Waals surface area contributed by atoms with Crippen LogP contribution in [-0.2, 0) is 0 Å². The largest absolute Gasteiger partial charge is 0.496 e. The third kappa shape index (κ3) is 2.76. The van der Waals surface area contributed by atoms with E-state index in [1.54, 1.807) is 25.2 Å².